The van der Waals surface area contributed by atoms with Crippen molar-refractivity contribution >= 4 is 26.7 Å². The zero-order valence-corrected chi connectivity index (χ0v) is 11.3. The molecular formula is C15H15Br. The van der Waals surface area contributed by atoms with Crippen LogP contribution < -0.4 is 0 Å². The molecule has 0 radical (unpaired) electrons. The van der Waals surface area contributed by atoms with E-state index in [-0.39, 0.29) is 0 Å². The predicted molar refractivity (Wildman–Crippen MR) is 73.0 cm³/mol. The van der Waals surface area contributed by atoms with Gasteiger partial charge in [-0.2, -0.15) is 0 Å². The molecule has 2 aromatic carbocycles. The smallest absolute Gasteiger partial charge is 0.0254 e. The first kappa shape index (κ1) is 10.3. The summed E-state index contributed by atoms with van der Waals surface area (Å²) in [6.45, 7) is 4.71. The van der Waals surface area contributed by atoms with E-state index in [2.05, 4.69) is 60.1 Å². The van der Waals surface area contributed by atoms with E-state index in [1.165, 1.54) is 39.2 Å². The van der Waals surface area contributed by atoms with Crippen LogP contribution in [0.4, 0.5) is 0 Å². The molecule has 0 atom stereocenters. The highest BCUT2D eigenvalue weighted by Gasteiger charge is 2.28. The summed E-state index contributed by atoms with van der Waals surface area (Å²) in [7, 11) is 0. The molecule has 0 amide bonds. The van der Waals surface area contributed by atoms with Gasteiger partial charge in [0.2, 0.25) is 0 Å². The van der Waals surface area contributed by atoms with Gasteiger partial charge in [0.05, 0.1) is 0 Å². The fourth-order valence-corrected chi connectivity index (χ4v) is 3.26. The van der Waals surface area contributed by atoms with Crippen molar-refractivity contribution in [2.75, 3.05) is 0 Å². The van der Waals surface area contributed by atoms with Crippen LogP contribution >= 0.6 is 15.9 Å². The van der Waals surface area contributed by atoms with Gasteiger partial charge < -0.3 is 0 Å². The summed E-state index contributed by atoms with van der Waals surface area (Å²) in [5.41, 5.74) is 3.33. The molecule has 16 heavy (non-hydrogen) atoms. The number of rotatable bonds is 0. The lowest BCUT2D eigenvalue weighted by Crippen LogP contribution is -2.22. The van der Waals surface area contributed by atoms with Gasteiger partial charge in [-0.05, 0) is 46.2 Å². The second-order valence-electron chi connectivity index (χ2n) is 5.32. The number of benzene rings is 2. The van der Waals surface area contributed by atoms with Gasteiger partial charge in [-0.25, -0.2) is 0 Å². The normalized spacial score (nSPS) is 17.7. The van der Waals surface area contributed by atoms with Crippen LogP contribution in [0.15, 0.2) is 34.8 Å². The first-order valence-corrected chi connectivity index (χ1v) is 6.59. The van der Waals surface area contributed by atoms with E-state index in [0.717, 1.165) is 0 Å². The molecule has 0 spiro atoms. The van der Waals surface area contributed by atoms with Crippen molar-refractivity contribution in [2.45, 2.75) is 32.1 Å². The minimum atomic E-state index is 0.313. The Morgan fingerprint density at radius 3 is 2.75 bits per heavy atom. The summed E-state index contributed by atoms with van der Waals surface area (Å²) in [6.07, 6.45) is 2.45. The lowest BCUT2D eigenvalue weighted by molar-refractivity contribution is 0.474. The largest absolute Gasteiger partial charge is 0.0613 e. The molecule has 0 saturated heterocycles. The Bertz CT molecular complexity index is 567. The predicted octanol–water partition coefficient (Wildman–Crippen LogP) is 4.83. The van der Waals surface area contributed by atoms with E-state index in [4.69, 9.17) is 0 Å². The molecule has 82 valence electrons. The highest BCUT2D eigenvalue weighted by atomic mass is 79.9. The first-order chi connectivity index (χ1) is 7.59. The summed E-state index contributed by atoms with van der Waals surface area (Å²) < 4.78 is 1.21. The average molecular weight is 275 g/mol. The Balaban J connectivity index is 2.49. The van der Waals surface area contributed by atoms with Gasteiger partial charge in [0.25, 0.3) is 0 Å². The van der Waals surface area contributed by atoms with E-state index in [1.54, 1.807) is 0 Å². The van der Waals surface area contributed by atoms with Crippen molar-refractivity contribution in [3.8, 4) is 0 Å². The molecule has 1 aliphatic rings. The summed E-state index contributed by atoms with van der Waals surface area (Å²) in [5, 5.41) is 2.84. The SMILES string of the molecule is CC1(C)CCc2ccc(Br)c3cccc1c23. The molecule has 1 aliphatic carbocycles. The molecule has 0 aliphatic heterocycles. The van der Waals surface area contributed by atoms with Crippen LogP contribution in [0.1, 0.15) is 31.4 Å². The molecular weight excluding hydrogens is 260 g/mol. The Hall–Kier alpha value is -0.820. The zero-order valence-electron chi connectivity index (χ0n) is 9.68. The molecule has 0 N–H and O–H groups in total. The molecule has 0 saturated carbocycles. The van der Waals surface area contributed by atoms with Gasteiger partial charge in [0, 0.05) is 4.47 Å². The Morgan fingerprint density at radius 1 is 1.12 bits per heavy atom. The van der Waals surface area contributed by atoms with Crippen LogP contribution in [-0.2, 0) is 11.8 Å². The second kappa shape index (κ2) is 3.33. The fraction of sp³-hybridized carbons (Fsp3) is 0.333. The molecule has 0 aromatic heterocycles. The van der Waals surface area contributed by atoms with Gasteiger partial charge in [0.15, 0.2) is 0 Å². The third kappa shape index (κ3) is 1.34. The van der Waals surface area contributed by atoms with E-state index < -0.39 is 0 Å². The minimum Gasteiger partial charge on any atom is -0.0613 e. The van der Waals surface area contributed by atoms with Crippen LogP contribution in [0.3, 0.4) is 0 Å². The van der Waals surface area contributed by atoms with Gasteiger partial charge >= 0.3 is 0 Å². The van der Waals surface area contributed by atoms with E-state index >= 15 is 0 Å². The van der Waals surface area contributed by atoms with Gasteiger partial charge in [-0.1, -0.05) is 54.0 Å². The molecule has 2 aromatic rings. The van der Waals surface area contributed by atoms with Gasteiger partial charge in [-0.15, -0.1) is 0 Å². The Labute approximate surface area is 105 Å². The van der Waals surface area contributed by atoms with Crippen molar-refractivity contribution in [3.63, 3.8) is 0 Å². The highest BCUT2D eigenvalue weighted by Crippen LogP contribution is 2.42. The van der Waals surface area contributed by atoms with Crippen LogP contribution in [0, 0.1) is 0 Å². The fourth-order valence-electron chi connectivity index (χ4n) is 2.80. The van der Waals surface area contributed by atoms with Crippen LogP contribution in [0.25, 0.3) is 10.8 Å². The summed E-state index contributed by atoms with van der Waals surface area (Å²) in [6, 6.07) is 11.1. The van der Waals surface area contributed by atoms with Crippen molar-refractivity contribution in [1.29, 1.82) is 0 Å². The third-order valence-corrected chi connectivity index (χ3v) is 4.51. The van der Waals surface area contributed by atoms with Crippen molar-refractivity contribution in [3.05, 3.63) is 45.9 Å². The van der Waals surface area contributed by atoms with Crippen LogP contribution in [-0.4, -0.2) is 0 Å². The number of aryl methyl sites for hydroxylation is 1. The van der Waals surface area contributed by atoms with Crippen molar-refractivity contribution < 1.29 is 0 Å². The maximum atomic E-state index is 3.66. The van der Waals surface area contributed by atoms with Gasteiger partial charge in [0.1, 0.15) is 0 Å². The first-order valence-electron chi connectivity index (χ1n) is 5.80. The summed E-state index contributed by atoms with van der Waals surface area (Å²) >= 11 is 3.66. The van der Waals surface area contributed by atoms with Crippen LogP contribution in [0.2, 0.25) is 0 Å². The highest BCUT2D eigenvalue weighted by molar-refractivity contribution is 9.10. The quantitative estimate of drug-likeness (QED) is 0.646. The summed E-state index contributed by atoms with van der Waals surface area (Å²) in [5.74, 6) is 0. The summed E-state index contributed by atoms with van der Waals surface area (Å²) in [4.78, 5) is 0. The molecule has 1 heteroatoms. The van der Waals surface area contributed by atoms with Crippen molar-refractivity contribution in [2.24, 2.45) is 0 Å². The zero-order chi connectivity index (χ0) is 11.3. The number of hydrogen-bond donors (Lipinski definition) is 0. The molecule has 3 rings (SSSR count). The van der Waals surface area contributed by atoms with E-state index in [9.17, 15) is 0 Å². The Morgan fingerprint density at radius 2 is 1.94 bits per heavy atom. The Kier molecular flexibility index (Phi) is 2.16. The number of halogens is 1. The van der Waals surface area contributed by atoms with Gasteiger partial charge in [-0.3, -0.25) is 0 Å². The van der Waals surface area contributed by atoms with Crippen molar-refractivity contribution in [1.82, 2.24) is 0 Å². The maximum Gasteiger partial charge on any atom is 0.0254 e. The number of hydrogen-bond acceptors (Lipinski definition) is 0. The topological polar surface area (TPSA) is 0 Å². The molecule has 0 fully saturated rings. The molecule has 0 bridgehead atoms. The van der Waals surface area contributed by atoms with E-state index in [1.807, 2.05) is 0 Å². The lowest BCUT2D eigenvalue weighted by atomic mass is 9.72. The van der Waals surface area contributed by atoms with Crippen LogP contribution in [0.5, 0.6) is 0 Å². The standard InChI is InChI=1S/C15H15Br/c1-15(2)9-8-10-6-7-13(16)11-4-3-5-12(15)14(10)11/h3-7H,8-9H2,1-2H3. The third-order valence-electron chi connectivity index (χ3n) is 3.82. The average Bonchev–Trinajstić information content (AvgIpc) is 2.27. The maximum absolute atomic E-state index is 3.66. The minimum absolute atomic E-state index is 0.313. The van der Waals surface area contributed by atoms with E-state index in [0.29, 0.717) is 5.41 Å². The second-order valence-corrected chi connectivity index (χ2v) is 6.17. The lowest BCUT2D eigenvalue weighted by Gasteiger charge is -2.32. The molecule has 0 heterocycles. The molecule has 0 unspecified atom stereocenters. The molecule has 0 nitrogen and oxygen atoms in total. The monoisotopic (exact) mass is 274 g/mol.